The highest BCUT2D eigenvalue weighted by Gasteiger charge is 2.40. The van der Waals surface area contributed by atoms with Crippen LogP contribution in [0.4, 0.5) is 18.3 Å². The number of hydrogen-bond acceptors (Lipinski definition) is 4. The molecule has 5 nitrogen and oxygen atoms in total. The van der Waals surface area contributed by atoms with E-state index in [1.165, 1.54) is 12.1 Å². The van der Waals surface area contributed by atoms with Gasteiger partial charge in [0.1, 0.15) is 0 Å². The van der Waals surface area contributed by atoms with Crippen LogP contribution in [0.2, 0.25) is 0 Å². The van der Waals surface area contributed by atoms with E-state index in [0.717, 1.165) is 44.5 Å². The van der Waals surface area contributed by atoms with Crippen molar-refractivity contribution in [3.63, 3.8) is 0 Å². The zero-order valence-electron chi connectivity index (χ0n) is 17.5. The number of carbonyl (C=O) groups is 1. The number of halogens is 3. The Hall–Kier alpha value is -3.46. The molecule has 0 aliphatic heterocycles. The first-order chi connectivity index (χ1) is 15.1. The molecule has 0 aliphatic rings. The Kier molecular flexibility index (Phi) is 5.60. The summed E-state index contributed by atoms with van der Waals surface area (Å²) in [6.45, 7) is 5.95. The number of nitrogens with one attached hydrogen (secondary N) is 1. The lowest BCUT2D eigenvalue weighted by Crippen LogP contribution is -2.20. The molecule has 0 bridgehead atoms. The summed E-state index contributed by atoms with van der Waals surface area (Å²) < 4.78 is 42.2. The minimum atomic E-state index is -4.77. The lowest BCUT2D eigenvalue weighted by atomic mass is 9.98. The second-order valence-corrected chi connectivity index (χ2v) is 8.28. The van der Waals surface area contributed by atoms with Crippen LogP contribution in [-0.2, 0) is 6.18 Å². The molecule has 0 saturated heterocycles. The molecule has 32 heavy (non-hydrogen) atoms. The summed E-state index contributed by atoms with van der Waals surface area (Å²) in [6.07, 6.45) is -3.85. The molecule has 2 aromatic carbocycles. The van der Waals surface area contributed by atoms with E-state index in [2.05, 4.69) is 15.4 Å². The Morgan fingerprint density at radius 1 is 1.06 bits per heavy atom. The summed E-state index contributed by atoms with van der Waals surface area (Å²) in [6, 6.07) is 11.9. The average Bonchev–Trinajstić information content (AvgIpc) is 3.35. The Balaban J connectivity index is 1.66. The maximum atomic E-state index is 13.8. The molecule has 4 aromatic rings. The SMILES string of the molecule is Cc1cc(C)c(-c2csc(NC(=O)c3cnn(-c4ccccc4)c3C(F)(F)F)n2)c(C)c1. The molecule has 0 saturated carbocycles. The first-order valence-electron chi connectivity index (χ1n) is 9.71. The van der Waals surface area contributed by atoms with E-state index in [0.29, 0.717) is 5.69 Å². The van der Waals surface area contributed by atoms with Gasteiger partial charge in [-0.3, -0.25) is 10.1 Å². The predicted molar refractivity (Wildman–Crippen MR) is 118 cm³/mol. The Bertz CT molecular complexity index is 1270. The van der Waals surface area contributed by atoms with Gasteiger partial charge in [0.15, 0.2) is 10.8 Å². The molecule has 9 heteroatoms. The number of para-hydroxylation sites is 1. The summed E-state index contributed by atoms with van der Waals surface area (Å²) in [5, 5.41) is 8.30. The normalized spacial score (nSPS) is 11.6. The van der Waals surface area contributed by atoms with E-state index in [4.69, 9.17) is 0 Å². The smallest absolute Gasteiger partial charge is 0.298 e. The van der Waals surface area contributed by atoms with Crippen molar-refractivity contribution in [1.29, 1.82) is 0 Å². The first-order valence-corrected chi connectivity index (χ1v) is 10.6. The maximum absolute atomic E-state index is 13.8. The van der Waals surface area contributed by atoms with Crippen LogP contribution in [0.5, 0.6) is 0 Å². The molecule has 0 unspecified atom stereocenters. The van der Waals surface area contributed by atoms with Crippen molar-refractivity contribution >= 4 is 22.4 Å². The molecule has 0 spiro atoms. The molecule has 0 radical (unpaired) electrons. The number of benzene rings is 2. The first kappa shape index (κ1) is 21.8. The van der Waals surface area contributed by atoms with E-state index >= 15 is 0 Å². The Morgan fingerprint density at radius 3 is 2.34 bits per heavy atom. The molecule has 1 amide bonds. The third-order valence-corrected chi connectivity index (χ3v) is 5.70. The highest BCUT2D eigenvalue weighted by molar-refractivity contribution is 7.14. The zero-order valence-corrected chi connectivity index (χ0v) is 18.3. The number of nitrogens with zero attached hydrogens (tertiary/aromatic N) is 3. The monoisotopic (exact) mass is 456 g/mol. The zero-order chi connectivity index (χ0) is 23.0. The molecule has 0 aliphatic carbocycles. The lowest BCUT2D eigenvalue weighted by molar-refractivity contribution is -0.143. The van der Waals surface area contributed by atoms with Crippen LogP contribution in [0.25, 0.3) is 16.9 Å². The number of hydrogen-bond donors (Lipinski definition) is 1. The Labute approximate surface area is 186 Å². The van der Waals surface area contributed by atoms with Crippen LogP contribution in [-0.4, -0.2) is 20.7 Å². The van der Waals surface area contributed by atoms with E-state index in [1.54, 1.807) is 23.6 Å². The van der Waals surface area contributed by atoms with Crippen molar-refractivity contribution in [3.05, 3.63) is 82.0 Å². The van der Waals surface area contributed by atoms with Crippen molar-refractivity contribution in [1.82, 2.24) is 14.8 Å². The summed E-state index contributed by atoms with van der Waals surface area (Å²) in [5.41, 5.74) is 3.31. The van der Waals surface area contributed by atoms with Crippen LogP contribution in [0, 0.1) is 20.8 Å². The van der Waals surface area contributed by atoms with Gasteiger partial charge in [-0.2, -0.15) is 18.3 Å². The molecule has 2 aromatic heterocycles. The van der Waals surface area contributed by atoms with Crippen LogP contribution in [0.1, 0.15) is 32.7 Å². The van der Waals surface area contributed by atoms with Crippen LogP contribution in [0.3, 0.4) is 0 Å². The fourth-order valence-corrected chi connectivity index (χ4v) is 4.44. The topological polar surface area (TPSA) is 59.8 Å². The van der Waals surface area contributed by atoms with Crippen molar-refractivity contribution in [2.75, 3.05) is 5.32 Å². The second kappa shape index (κ2) is 8.23. The van der Waals surface area contributed by atoms with Crippen LogP contribution < -0.4 is 5.32 Å². The Morgan fingerprint density at radius 2 is 1.72 bits per heavy atom. The van der Waals surface area contributed by atoms with Crippen molar-refractivity contribution < 1.29 is 18.0 Å². The van der Waals surface area contributed by atoms with Gasteiger partial charge in [0.25, 0.3) is 5.91 Å². The van der Waals surface area contributed by atoms with Crippen molar-refractivity contribution in [2.45, 2.75) is 26.9 Å². The van der Waals surface area contributed by atoms with Gasteiger partial charge in [0, 0.05) is 10.9 Å². The fraction of sp³-hybridized carbons (Fsp3) is 0.174. The van der Waals surface area contributed by atoms with E-state index in [9.17, 15) is 18.0 Å². The lowest BCUT2D eigenvalue weighted by Gasteiger charge is -2.12. The molecule has 0 fully saturated rings. The third kappa shape index (κ3) is 4.16. The van der Waals surface area contributed by atoms with Crippen molar-refractivity contribution in [3.8, 4) is 16.9 Å². The van der Waals surface area contributed by atoms with E-state index in [-0.39, 0.29) is 10.8 Å². The standard InChI is InChI=1S/C23H19F3N4OS/c1-13-9-14(2)19(15(3)10-13)18-12-32-22(28-18)29-21(31)17-11-27-30(20(17)23(24,25)26)16-7-5-4-6-8-16/h4-12H,1-3H3,(H,28,29,31). The van der Waals surface area contributed by atoms with Gasteiger partial charge < -0.3 is 0 Å². The third-order valence-electron chi connectivity index (χ3n) is 4.94. The molecule has 2 heterocycles. The largest absolute Gasteiger partial charge is 0.434 e. The minimum absolute atomic E-state index is 0.209. The van der Waals surface area contributed by atoms with Gasteiger partial charge >= 0.3 is 6.18 Å². The fourth-order valence-electron chi connectivity index (χ4n) is 3.75. The van der Waals surface area contributed by atoms with E-state index in [1.807, 2.05) is 32.9 Å². The number of aryl methyl sites for hydroxylation is 3. The van der Waals surface area contributed by atoms with Gasteiger partial charge in [0.2, 0.25) is 0 Å². The number of alkyl halides is 3. The average molecular weight is 456 g/mol. The summed E-state index contributed by atoms with van der Waals surface area (Å²) >= 11 is 1.15. The van der Waals surface area contributed by atoms with Gasteiger partial charge in [0.05, 0.1) is 23.1 Å². The highest BCUT2D eigenvalue weighted by Crippen LogP contribution is 2.35. The number of carbonyl (C=O) groups excluding carboxylic acids is 1. The van der Waals surface area contributed by atoms with E-state index < -0.39 is 23.3 Å². The maximum Gasteiger partial charge on any atom is 0.434 e. The predicted octanol–water partition coefficient (Wildman–Crippen LogP) is 6.19. The van der Waals surface area contributed by atoms with Gasteiger partial charge in [-0.25, -0.2) is 9.67 Å². The summed E-state index contributed by atoms with van der Waals surface area (Å²) in [7, 11) is 0. The minimum Gasteiger partial charge on any atom is -0.298 e. The molecular formula is C23H19F3N4OS. The van der Waals surface area contributed by atoms with Crippen molar-refractivity contribution in [2.24, 2.45) is 0 Å². The van der Waals surface area contributed by atoms with Crippen LogP contribution in [0.15, 0.2) is 54.0 Å². The number of amides is 1. The number of thiazole rings is 1. The number of anilines is 1. The second-order valence-electron chi connectivity index (χ2n) is 7.42. The molecular weight excluding hydrogens is 437 g/mol. The quantitative estimate of drug-likeness (QED) is 0.398. The number of rotatable bonds is 4. The highest BCUT2D eigenvalue weighted by atomic mass is 32.1. The summed E-state index contributed by atoms with van der Waals surface area (Å²) in [5.74, 6) is -0.919. The van der Waals surface area contributed by atoms with Gasteiger partial charge in [-0.05, 0) is 44.0 Å². The molecule has 164 valence electrons. The van der Waals surface area contributed by atoms with Gasteiger partial charge in [-0.1, -0.05) is 35.9 Å². The molecule has 1 N–H and O–H groups in total. The van der Waals surface area contributed by atoms with Crippen LogP contribution >= 0.6 is 11.3 Å². The number of aromatic nitrogens is 3. The molecule has 0 atom stereocenters. The molecule has 4 rings (SSSR count). The summed E-state index contributed by atoms with van der Waals surface area (Å²) in [4.78, 5) is 17.2. The van der Waals surface area contributed by atoms with Gasteiger partial charge in [-0.15, -0.1) is 11.3 Å².